The maximum atomic E-state index is 12.4. The Morgan fingerprint density at radius 3 is 2.76 bits per heavy atom. The molecule has 1 aliphatic rings. The smallest absolute Gasteiger partial charge is 0.244 e. The van der Waals surface area contributed by atoms with Gasteiger partial charge in [-0.05, 0) is 24.3 Å². The summed E-state index contributed by atoms with van der Waals surface area (Å²) in [6.07, 6.45) is 2.13. The fraction of sp³-hybridized carbons (Fsp3) is 0.588. The average molecular weight is 290 g/mol. The van der Waals surface area contributed by atoms with Crippen LogP contribution in [0.2, 0.25) is 0 Å². The van der Waals surface area contributed by atoms with E-state index in [1.54, 1.807) is 0 Å². The molecule has 0 aliphatic carbocycles. The van der Waals surface area contributed by atoms with Crippen LogP contribution < -0.4 is 5.73 Å². The highest BCUT2D eigenvalue weighted by Crippen LogP contribution is 2.19. The lowest BCUT2D eigenvalue weighted by atomic mass is 10.1. The van der Waals surface area contributed by atoms with E-state index in [9.17, 15) is 4.79 Å². The number of carbonyl (C=O) groups excluding carboxylic acids is 1. The molecule has 0 radical (unpaired) electrons. The van der Waals surface area contributed by atoms with Crippen LogP contribution in [-0.4, -0.2) is 36.6 Å². The molecule has 1 aliphatic heterocycles. The van der Waals surface area contributed by atoms with Crippen LogP contribution in [0.15, 0.2) is 30.3 Å². The van der Waals surface area contributed by atoms with Crippen molar-refractivity contribution in [2.24, 2.45) is 11.7 Å². The molecule has 0 saturated carbocycles. The minimum atomic E-state index is -0.569. The number of nitrogens with zero attached hydrogens (tertiary/aromatic N) is 1. The number of rotatable bonds is 6. The first-order valence-corrected chi connectivity index (χ1v) is 7.79. The molecule has 0 bridgehead atoms. The first kappa shape index (κ1) is 16.0. The van der Waals surface area contributed by atoms with Gasteiger partial charge in [0.25, 0.3) is 0 Å². The number of hydrogen-bond donors (Lipinski definition) is 1. The largest absolute Gasteiger partial charge is 0.376 e. The second-order valence-electron chi connectivity index (χ2n) is 6.14. The van der Waals surface area contributed by atoms with E-state index in [1.165, 1.54) is 0 Å². The van der Waals surface area contributed by atoms with Crippen molar-refractivity contribution in [3.63, 3.8) is 0 Å². The molecule has 4 nitrogen and oxygen atoms in total. The van der Waals surface area contributed by atoms with Gasteiger partial charge < -0.3 is 15.4 Å². The van der Waals surface area contributed by atoms with Crippen LogP contribution >= 0.6 is 0 Å². The summed E-state index contributed by atoms with van der Waals surface area (Å²) in [6.45, 7) is 6.55. The van der Waals surface area contributed by atoms with E-state index in [-0.39, 0.29) is 12.0 Å². The molecule has 0 spiro atoms. The zero-order chi connectivity index (χ0) is 15.2. The molecule has 1 fully saturated rings. The summed E-state index contributed by atoms with van der Waals surface area (Å²) in [4.78, 5) is 14.2. The fourth-order valence-corrected chi connectivity index (χ4v) is 2.53. The second-order valence-corrected chi connectivity index (χ2v) is 6.14. The Kier molecular flexibility index (Phi) is 5.76. The lowest BCUT2D eigenvalue weighted by Crippen LogP contribution is -2.37. The molecule has 116 valence electrons. The van der Waals surface area contributed by atoms with Gasteiger partial charge in [0.05, 0.1) is 6.10 Å². The van der Waals surface area contributed by atoms with Gasteiger partial charge in [0.1, 0.15) is 6.04 Å². The molecule has 21 heavy (non-hydrogen) atoms. The van der Waals surface area contributed by atoms with Gasteiger partial charge in [-0.2, -0.15) is 0 Å². The maximum Gasteiger partial charge on any atom is 0.244 e. The van der Waals surface area contributed by atoms with E-state index in [0.29, 0.717) is 12.5 Å². The summed E-state index contributed by atoms with van der Waals surface area (Å²) in [5.74, 6) is 0.645. The number of hydrogen-bond acceptors (Lipinski definition) is 3. The van der Waals surface area contributed by atoms with E-state index in [2.05, 4.69) is 13.8 Å². The molecule has 1 heterocycles. The highest BCUT2D eigenvalue weighted by atomic mass is 16.5. The molecule has 4 heteroatoms. The van der Waals surface area contributed by atoms with Crippen LogP contribution in [0.3, 0.4) is 0 Å². The Balaban J connectivity index is 1.82. The standard InChI is InChI=1S/C17H26N2O2/c1-13(2)9-11-21-15-8-10-19(12-15)17(20)16(18)14-6-4-3-5-7-14/h3-7,13,15-16H,8-12,18H2,1-2H3/t15-,16-/m0/s1. The summed E-state index contributed by atoms with van der Waals surface area (Å²) >= 11 is 0. The molecule has 1 amide bonds. The van der Waals surface area contributed by atoms with Gasteiger partial charge in [0, 0.05) is 19.7 Å². The highest BCUT2D eigenvalue weighted by molar-refractivity contribution is 5.83. The van der Waals surface area contributed by atoms with Crippen LogP contribution in [0.25, 0.3) is 0 Å². The Labute approximate surface area is 127 Å². The van der Waals surface area contributed by atoms with Crippen LogP contribution in [0, 0.1) is 5.92 Å². The van der Waals surface area contributed by atoms with Crippen molar-refractivity contribution in [1.29, 1.82) is 0 Å². The van der Waals surface area contributed by atoms with Gasteiger partial charge in [0.2, 0.25) is 5.91 Å². The normalized spacial score (nSPS) is 20.0. The maximum absolute atomic E-state index is 12.4. The fourth-order valence-electron chi connectivity index (χ4n) is 2.53. The SMILES string of the molecule is CC(C)CCO[C@H]1CCN(C(=O)[C@@H](N)c2ccccc2)C1. The van der Waals surface area contributed by atoms with Gasteiger partial charge in [0.15, 0.2) is 0 Å². The van der Waals surface area contributed by atoms with Crippen LogP contribution in [-0.2, 0) is 9.53 Å². The van der Waals surface area contributed by atoms with E-state index in [1.807, 2.05) is 35.2 Å². The lowest BCUT2D eigenvalue weighted by molar-refractivity contribution is -0.132. The minimum absolute atomic E-state index is 0.00356. The summed E-state index contributed by atoms with van der Waals surface area (Å²) in [7, 11) is 0. The Morgan fingerprint density at radius 2 is 2.10 bits per heavy atom. The second kappa shape index (κ2) is 7.57. The quantitative estimate of drug-likeness (QED) is 0.875. The molecule has 0 unspecified atom stereocenters. The molecule has 0 aromatic heterocycles. The third-order valence-corrected chi connectivity index (χ3v) is 3.93. The van der Waals surface area contributed by atoms with Crippen LogP contribution in [0.5, 0.6) is 0 Å². The predicted molar refractivity (Wildman–Crippen MR) is 83.8 cm³/mol. The van der Waals surface area contributed by atoms with E-state index in [0.717, 1.165) is 31.6 Å². The molecular weight excluding hydrogens is 264 g/mol. The topological polar surface area (TPSA) is 55.6 Å². The number of ether oxygens (including phenoxy) is 1. The highest BCUT2D eigenvalue weighted by Gasteiger charge is 2.30. The van der Waals surface area contributed by atoms with Gasteiger partial charge in [-0.15, -0.1) is 0 Å². The third-order valence-electron chi connectivity index (χ3n) is 3.93. The number of carbonyl (C=O) groups is 1. The monoisotopic (exact) mass is 290 g/mol. The van der Waals surface area contributed by atoms with Crippen molar-refractivity contribution < 1.29 is 9.53 Å². The summed E-state index contributed by atoms with van der Waals surface area (Å²) in [5, 5.41) is 0. The number of nitrogens with two attached hydrogens (primary N) is 1. The molecule has 2 atom stereocenters. The van der Waals surface area contributed by atoms with Gasteiger partial charge in [-0.3, -0.25) is 4.79 Å². The third kappa shape index (κ3) is 4.55. The van der Waals surface area contributed by atoms with Crippen molar-refractivity contribution in [3.05, 3.63) is 35.9 Å². The number of amides is 1. The average Bonchev–Trinajstić information content (AvgIpc) is 2.95. The molecule has 2 rings (SSSR count). The van der Waals surface area contributed by atoms with Crippen molar-refractivity contribution >= 4 is 5.91 Å². The van der Waals surface area contributed by atoms with Gasteiger partial charge in [-0.1, -0.05) is 44.2 Å². The van der Waals surface area contributed by atoms with E-state index < -0.39 is 6.04 Å². The van der Waals surface area contributed by atoms with Crippen molar-refractivity contribution in [2.45, 2.75) is 38.8 Å². The van der Waals surface area contributed by atoms with Gasteiger partial charge >= 0.3 is 0 Å². The number of benzene rings is 1. The predicted octanol–water partition coefficient (Wildman–Crippen LogP) is 2.35. The van der Waals surface area contributed by atoms with E-state index in [4.69, 9.17) is 10.5 Å². The molecule has 1 aromatic carbocycles. The minimum Gasteiger partial charge on any atom is -0.376 e. The lowest BCUT2D eigenvalue weighted by Gasteiger charge is -2.21. The molecule has 1 saturated heterocycles. The summed E-state index contributed by atoms with van der Waals surface area (Å²) < 4.78 is 5.84. The Morgan fingerprint density at radius 1 is 1.38 bits per heavy atom. The van der Waals surface area contributed by atoms with Crippen molar-refractivity contribution in [2.75, 3.05) is 19.7 Å². The summed E-state index contributed by atoms with van der Waals surface area (Å²) in [6, 6.07) is 8.97. The first-order valence-electron chi connectivity index (χ1n) is 7.79. The first-order chi connectivity index (χ1) is 10.1. The zero-order valence-electron chi connectivity index (χ0n) is 13.0. The Hall–Kier alpha value is -1.39. The van der Waals surface area contributed by atoms with E-state index >= 15 is 0 Å². The molecule has 1 aromatic rings. The zero-order valence-corrected chi connectivity index (χ0v) is 13.0. The Bertz CT molecular complexity index is 447. The summed E-state index contributed by atoms with van der Waals surface area (Å²) in [5.41, 5.74) is 6.94. The van der Waals surface area contributed by atoms with Crippen molar-refractivity contribution in [1.82, 2.24) is 4.90 Å². The molecule has 2 N–H and O–H groups in total. The van der Waals surface area contributed by atoms with Crippen LogP contribution in [0.4, 0.5) is 0 Å². The number of likely N-dealkylation sites (tertiary alicyclic amines) is 1. The van der Waals surface area contributed by atoms with Crippen LogP contribution in [0.1, 0.15) is 38.3 Å². The van der Waals surface area contributed by atoms with Gasteiger partial charge in [-0.25, -0.2) is 0 Å². The van der Waals surface area contributed by atoms with Crippen molar-refractivity contribution in [3.8, 4) is 0 Å². The molecular formula is C17H26N2O2.